The molecule has 0 atom stereocenters. The highest BCUT2D eigenvalue weighted by molar-refractivity contribution is 6.31. The maximum Gasteiger partial charge on any atom is 0.259 e. The number of nitrogens with one attached hydrogen (secondary N) is 2. The first-order chi connectivity index (χ1) is 16.5. The average molecular weight is 482 g/mol. The summed E-state index contributed by atoms with van der Waals surface area (Å²) in [7, 11) is 2.99. The lowest BCUT2D eigenvalue weighted by Gasteiger charge is -2.09. The Balaban J connectivity index is 1.43. The molecular formula is C25H24ClN3O5. The normalized spacial score (nSPS) is 10.6. The number of amides is 2. The number of hydrazone groups is 1. The molecule has 0 aromatic heterocycles. The minimum absolute atomic E-state index is 0.237. The molecule has 9 heteroatoms. The highest BCUT2D eigenvalue weighted by atomic mass is 35.5. The van der Waals surface area contributed by atoms with E-state index in [4.69, 9.17) is 25.8 Å². The average Bonchev–Trinajstić information content (AvgIpc) is 2.87. The van der Waals surface area contributed by atoms with Crippen molar-refractivity contribution in [2.45, 2.75) is 6.61 Å². The molecule has 0 unspecified atom stereocenters. The molecule has 3 aromatic carbocycles. The molecule has 8 nitrogen and oxygen atoms in total. The summed E-state index contributed by atoms with van der Waals surface area (Å²) in [5.74, 6) is 0.715. The van der Waals surface area contributed by atoms with Crippen LogP contribution in [0.2, 0.25) is 5.02 Å². The zero-order valence-electron chi connectivity index (χ0n) is 18.7. The summed E-state index contributed by atoms with van der Waals surface area (Å²) < 4.78 is 16.1. The Morgan fingerprint density at radius 1 is 0.971 bits per heavy atom. The fourth-order valence-corrected chi connectivity index (χ4v) is 3.08. The highest BCUT2D eigenvalue weighted by Gasteiger charge is 2.11. The predicted octanol–water partition coefficient (Wildman–Crippen LogP) is 3.82. The zero-order valence-corrected chi connectivity index (χ0v) is 19.5. The molecule has 2 amide bonds. The largest absolute Gasteiger partial charge is 0.493 e. The van der Waals surface area contributed by atoms with Crippen LogP contribution < -0.4 is 25.0 Å². The second-order valence-corrected chi connectivity index (χ2v) is 7.40. The van der Waals surface area contributed by atoms with Crippen LogP contribution in [0, 0.1) is 0 Å². The highest BCUT2D eigenvalue weighted by Crippen LogP contribution is 2.27. The molecule has 3 rings (SSSR count). The van der Waals surface area contributed by atoms with Crippen LogP contribution in [0.25, 0.3) is 0 Å². The van der Waals surface area contributed by atoms with Crippen molar-refractivity contribution in [2.75, 3.05) is 20.8 Å². The summed E-state index contributed by atoms with van der Waals surface area (Å²) in [6.45, 7) is 0.123. The molecule has 0 bridgehead atoms. The molecular weight excluding hydrogens is 458 g/mol. The van der Waals surface area contributed by atoms with Crippen LogP contribution in [-0.2, 0) is 11.4 Å². The lowest BCUT2D eigenvalue weighted by molar-refractivity contribution is -0.120. The first kappa shape index (κ1) is 24.6. The van der Waals surface area contributed by atoms with Crippen molar-refractivity contribution in [3.05, 3.63) is 88.4 Å². The Morgan fingerprint density at radius 3 is 2.41 bits per heavy atom. The maximum atomic E-state index is 12.3. The van der Waals surface area contributed by atoms with E-state index in [1.165, 1.54) is 26.5 Å². The second kappa shape index (κ2) is 12.3. The van der Waals surface area contributed by atoms with Gasteiger partial charge in [0.15, 0.2) is 11.5 Å². The van der Waals surface area contributed by atoms with E-state index in [1.54, 1.807) is 36.4 Å². The Kier molecular flexibility index (Phi) is 8.88. The summed E-state index contributed by atoms with van der Waals surface area (Å²) in [5.41, 5.74) is 4.37. The van der Waals surface area contributed by atoms with E-state index in [9.17, 15) is 9.59 Å². The molecule has 3 aromatic rings. The zero-order chi connectivity index (χ0) is 24.3. The maximum absolute atomic E-state index is 12.3. The lowest BCUT2D eigenvalue weighted by atomic mass is 10.2. The molecule has 2 N–H and O–H groups in total. The van der Waals surface area contributed by atoms with Crippen molar-refractivity contribution in [3.63, 3.8) is 0 Å². The standard InChI is InChI=1S/C25H24ClN3O5/c1-32-22-12-9-18(13-23(22)33-2)25(31)27-15-24(30)29-28-14-17-7-10-20(11-8-17)34-16-19-5-3-4-6-21(19)26/h3-14H,15-16H2,1-2H3,(H,27,31)(H,29,30)/b28-14+. The van der Waals surface area contributed by atoms with Gasteiger partial charge < -0.3 is 19.5 Å². The van der Waals surface area contributed by atoms with Crippen LogP contribution in [0.1, 0.15) is 21.5 Å². The topological polar surface area (TPSA) is 98.2 Å². The van der Waals surface area contributed by atoms with Crippen LogP contribution >= 0.6 is 11.6 Å². The van der Waals surface area contributed by atoms with E-state index < -0.39 is 11.8 Å². The molecule has 0 radical (unpaired) electrons. The number of halogens is 1. The Labute approximate surface area is 202 Å². The number of benzene rings is 3. The first-order valence-corrected chi connectivity index (χ1v) is 10.7. The number of carbonyl (C=O) groups excluding carboxylic acids is 2. The van der Waals surface area contributed by atoms with Crippen LogP contribution in [0.4, 0.5) is 0 Å². The molecule has 0 aliphatic carbocycles. The van der Waals surface area contributed by atoms with E-state index in [1.807, 2.05) is 24.3 Å². The van der Waals surface area contributed by atoms with Gasteiger partial charge in [-0.3, -0.25) is 9.59 Å². The van der Waals surface area contributed by atoms with Crippen molar-refractivity contribution >= 4 is 29.6 Å². The van der Waals surface area contributed by atoms with Gasteiger partial charge in [-0.25, -0.2) is 5.43 Å². The smallest absolute Gasteiger partial charge is 0.259 e. The van der Waals surface area contributed by atoms with Crippen molar-refractivity contribution in [1.82, 2.24) is 10.7 Å². The summed E-state index contributed by atoms with van der Waals surface area (Å²) in [4.78, 5) is 24.2. The second-order valence-electron chi connectivity index (χ2n) is 6.99. The van der Waals surface area contributed by atoms with Gasteiger partial charge in [-0.1, -0.05) is 29.8 Å². The third-order valence-corrected chi connectivity index (χ3v) is 5.06. The molecule has 0 saturated heterocycles. The molecule has 0 spiro atoms. The van der Waals surface area contributed by atoms with Crippen LogP contribution in [0.15, 0.2) is 71.8 Å². The monoisotopic (exact) mass is 481 g/mol. The fourth-order valence-electron chi connectivity index (χ4n) is 2.89. The predicted molar refractivity (Wildman–Crippen MR) is 130 cm³/mol. The van der Waals surface area contributed by atoms with Gasteiger partial charge in [0.1, 0.15) is 12.4 Å². The Hall–Kier alpha value is -4.04. The quantitative estimate of drug-likeness (QED) is 0.339. The molecule has 0 aliphatic rings. The number of ether oxygens (including phenoxy) is 3. The molecule has 0 heterocycles. The first-order valence-electron chi connectivity index (χ1n) is 10.3. The van der Waals surface area contributed by atoms with Crippen LogP contribution in [0.5, 0.6) is 17.2 Å². The van der Waals surface area contributed by atoms with Gasteiger partial charge in [-0.05, 0) is 54.1 Å². The third kappa shape index (κ3) is 6.98. The molecule has 0 aliphatic heterocycles. The van der Waals surface area contributed by atoms with E-state index in [-0.39, 0.29) is 6.54 Å². The van der Waals surface area contributed by atoms with Gasteiger partial charge in [0.2, 0.25) is 0 Å². The summed E-state index contributed by atoms with van der Waals surface area (Å²) in [6.07, 6.45) is 1.49. The Bertz CT molecular complexity index is 1170. The molecule has 0 fully saturated rings. The fraction of sp³-hybridized carbons (Fsp3) is 0.160. The lowest BCUT2D eigenvalue weighted by Crippen LogP contribution is -2.34. The van der Waals surface area contributed by atoms with E-state index in [0.29, 0.717) is 34.4 Å². The van der Waals surface area contributed by atoms with Gasteiger partial charge in [0.05, 0.1) is 27.0 Å². The number of rotatable bonds is 10. The number of methoxy groups -OCH3 is 2. The van der Waals surface area contributed by atoms with Crippen molar-refractivity contribution in [1.29, 1.82) is 0 Å². The Morgan fingerprint density at radius 2 is 1.71 bits per heavy atom. The van der Waals surface area contributed by atoms with E-state index >= 15 is 0 Å². The number of hydrogen-bond donors (Lipinski definition) is 2. The SMILES string of the molecule is COc1ccc(C(=O)NCC(=O)N/N=C/c2ccc(OCc3ccccc3Cl)cc2)cc1OC. The van der Waals surface area contributed by atoms with Crippen LogP contribution in [0.3, 0.4) is 0 Å². The van der Waals surface area contributed by atoms with E-state index in [0.717, 1.165) is 11.1 Å². The van der Waals surface area contributed by atoms with Crippen LogP contribution in [-0.4, -0.2) is 38.8 Å². The van der Waals surface area contributed by atoms with Gasteiger partial charge in [-0.2, -0.15) is 5.10 Å². The van der Waals surface area contributed by atoms with Gasteiger partial charge in [-0.15, -0.1) is 0 Å². The minimum atomic E-state index is -0.468. The molecule has 34 heavy (non-hydrogen) atoms. The van der Waals surface area contributed by atoms with Crippen molar-refractivity contribution in [2.24, 2.45) is 5.10 Å². The summed E-state index contributed by atoms with van der Waals surface area (Å²) in [6, 6.07) is 19.4. The summed E-state index contributed by atoms with van der Waals surface area (Å²) >= 11 is 6.13. The van der Waals surface area contributed by atoms with Gasteiger partial charge in [0.25, 0.3) is 11.8 Å². The summed E-state index contributed by atoms with van der Waals surface area (Å²) in [5, 5.41) is 7.09. The number of carbonyl (C=O) groups is 2. The molecule has 176 valence electrons. The molecule has 0 saturated carbocycles. The van der Waals surface area contributed by atoms with Gasteiger partial charge >= 0.3 is 0 Å². The third-order valence-electron chi connectivity index (χ3n) is 4.69. The minimum Gasteiger partial charge on any atom is -0.493 e. The van der Waals surface area contributed by atoms with Gasteiger partial charge in [0, 0.05) is 16.1 Å². The van der Waals surface area contributed by atoms with Crippen molar-refractivity contribution in [3.8, 4) is 17.2 Å². The van der Waals surface area contributed by atoms with E-state index in [2.05, 4.69) is 15.8 Å². The van der Waals surface area contributed by atoms with Crippen molar-refractivity contribution < 1.29 is 23.8 Å². The number of hydrogen-bond acceptors (Lipinski definition) is 6. The number of nitrogens with zero attached hydrogens (tertiary/aromatic N) is 1.